The predicted molar refractivity (Wildman–Crippen MR) is 96.0 cm³/mol. The van der Waals surface area contributed by atoms with E-state index in [1.165, 1.54) is 6.07 Å². The molecule has 4 rings (SSSR count). The van der Waals surface area contributed by atoms with Crippen LogP contribution >= 0.6 is 0 Å². The zero-order valence-corrected chi connectivity index (χ0v) is 15.0. The number of aromatic nitrogens is 1. The van der Waals surface area contributed by atoms with E-state index in [0.29, 0.717) is 24.0 Å². The first-order valence-corrected chi connectivity index (χ1v) is 8.95. The fourth-order valence-corrected chi connectivity index (χ4v) is 3.96. The van der Waals surface area contributed by atoms with Gasteiger partial charge in [0, 0.05) is 11.6 Å². The molecule has 5 nitrogen and oxygen atoms in total. The smallest absolute Gasteiger partial charge is 0.394 e. The van der Waals surface area contributed by atoms with Crippen molar-refractivity contribution in [1.82, 2.24) is 10.3 Å². The van der Waals surface area contributed by atoms with Crippen molar-refractivity contribution in [2.24, 2.45) is 4.99 Å². The van der Waals surface area contributed by atoms with Crippen LogP contribution in [0.15, 0.2) is 41.4 Å². The van der Waals surface area contributed by atoms with Crippen molar-refractivity contribution >= 4 is 11.7 Å². The number of aliphatic hydroxyl groups is 1. The van der Waals surface area contributed by atoms with Gasteiger partial charge in [-0.3, -0.25) is 4.79 Å². The number of halogens is 3. The SMILES string of the molecule is C[C@H](CO)NC1=NC(=O)[C@]2(CCc3ccccc32)c2nc(C(F)(F)F)ccc21. The highest BCUT2D eigenvalue weighted by Gasteiger charge is 2.52. The third kappa shape index (κ3) is 2.71. The molecule has 1 spiro atoms. The van der Waals surface area contributed by atoms with Crippen LogP contribution in [0.1, 0.15) is 41.4 Å². The van der Waals surface area contributed by atoms with Gasteiger partial charge in [0.05, 0.1) is 12.3 Å². The minimum Gasteiger partial charge on any atom is -0.394 e. The number of hydrogen-bond donors (Lipinski definition) is 2. The van der Waals surface area contributed by atoms with Gasteiger partial charge in [-0.15, -0.1) is 0 Å². The number of amides is 1. The summed E-state index contributed by atoms with van der Waals surface area (Å²) in [7, 11) is 0. The second-order valence-corrected chi connectivity index (χ2v) is 7.15. The van der Waals surface area contributed by atoms with Crippen molar-refractivity contribution in [3.8, 4) is 0 Å². The Balaban J connectivity index is 1.96. The molecule has 1 aliphatic heterocycles. The number of aliphatic hydroxyl groups excluding tert-OH is 1. The number of carbonyl (C=O) groups excluding carboxylic acids is 1. The Morgan fingerprint density at radius 3 is 2.71 bits per heavy atom. The number of benzene rings is 1. The number of carbonyl (C=O) groups is 1. The molecule has 1 aromatic carbocycles. The second kappa shape index (κ2) is 6.41. The van der Waals surface area contributed by atoms with Gasteiger partial charge in [-0.25, -0.2) is 4.98 Å². The Kier molecular flexibility index (Phi) is 4.26. The maximum absolute atomic E-state index is 13.4. The maximum atomic E-state index is 13.4. The Morgan fingerprint density at radius 2 is 2.00 bits per heavy atom. The average molecular weight is 389 g/mol. The number of nitrogens with zero attached hydrogens (tertiary/aromatic N) is 2. The highest BCUT2D eigenvalue weighted by molar-refractivity contribution is 6.13. The van der Waals surface area contributed by atoms with E-state index in [4.69, 9.17) is 0 Å². The minimum absolute atomic E-state index is 0.0694. The van der Waals surface area contributed by atoms with Crippen LogP contribution in [0, 0.1) is 0 Å². The molecule has 1 aliphatic carbocycles. The molecule has 0 bridgehead atoms. The summed E-state index contributed by atoms with van der Waals surface area (Å²) in [4.78, 5) is 21.3. The molecule has 2 atom stereocenters. The topological polar surface area (TPSA) is 74.6 Å². The van der Waals surface area contributed by atoms with E-state index < -0.39 is 29.2 Å². The zero-order valence-electron chi connectivity index (χ0n) is 15.0. The highest BCUT2D eigenvalue weighted by atomic mass is 19.4. The zero-order chi connectivity index (χ0) is 20.1. The molecule has 0 saturated carbocycles. The van der Waals surface area contributed by atoms with Crippen molar-refractivity contribution in [2.45, 2.75) is 37.4 Å². The predicted octanol–water partition coefficient (Wildman–Crippen LogP) is 2.59. The van der Waals surface area contributed by atoms with Crippen LogP contribution < -0.4 is 5.32 Å². The largest absolute Gasteiger partial charge is 0.433 e. The van der Waals surface area contributed by atoms with Gasteiger partial charge in [-0.1, -0.05) is 24.3 Å². The van der Waals surface area contributed by atoms with E-state index in [9.17, 15) is 23.1 Å². The number of nitrogens with one attached hydrogen (secondary N) is 1. The number of fused-ring (bicyclic) bond motifs is 4. The summed E-state index contributed by atoms with van der Waals surface area (Å²) in [6.45, 7) is 1.46. The number of rotatable bonds is 2. The molecule has 0 unspecified atom stereocenters. The molecule has 0 fully saturated rings. The fraction of sp³-hybridized carbons (Fsp3) is 0.350. The first-order chi connectivity index (χ1) is 13.3. The van der Waals surface area contributed by atoms with Crippen molar-refractivity contribution < 1.29 is 23.1 Å². The van der Waals surface area contributed by atoms with Crippen molar-refractivity contribution in [3.63, 3.8) is 0 Å². The van der Waals surface area contributed by atoms with Crippen LogP contribution in [0.4, 0.5) is 13.2 Å². The van der Waals surface area contributed by atoms with Gasteiger partial charge in [-0.2, -0.15) is 18.2 Å². The molecule has 0 saturated heterocycles. The molecule has 146 valence electrons. The maximum Gasteiger partial charge on any atom is 0.433 e. The van der Waals surface area contributed by atoms with Crippen LogP contribution in [0.5, 0.6) is 0 Å². The van der Waals surface area contributed by atoms with Crippen molar-refractivity contribution in [3.05, 3.63) is 64.5 Å². The quantitative estimate of drug-likeness (QED) is 0.828. The Bertz CT molecular complexity index is 987. The molecule has 2 N–H and O–H groups in total. The number of amidine groups is 1. The summed E-state index contributed by atoms with van der Waals surface area (Å²) >= 11 is 0. The average Bonchev–Trinajstić information content (AvgIpc) is 3.05. The Hall–Kier alpha value is -2.74. The van der Waals surface area contributed by atoms with Crippen molar-refractivity contribution in [2.75, 3.05) is 6.61 Å². The van der Waals surface area contributed by atoms with Gasteiger partial charge >= 0.3 is 6.18 Å². The molecule has 2 aliphatic rings. The number of hydrogen-bond acceptors (Lipinski definition) is 4. The lowest BCUT2D eigenvalue weighted by molar-refractivity contribution is -0.141. The van der Waals surface area contributed by atoms with Gasteiger partial charge in [-0.05, 0) is 43.0 Å². The van der Waals surface area contributed by atoms with Crippen LogP contribution in [-0.2, 0) is 22.8 Å². The molecule has 1 aromatic heterocycles. The Labute approximate surface area is 159 Å². The van der Waals surface area contributed by atoms with E-state index in [1.807, 2.05) is 12.1 Å². The number of aliphatic imine (C=N–C) groups is 1. The van der Waals surface area contributed by atoms with Crippen molar-refractivity contribution in [1.29, 1.82) is 0 Å². The lowest BCUT2D eigenvalue weighted by atomic mass is 9.74. The van der Waals surface area contributed by atoms with E-state index in [0.717, 1.165) is 11.6 Å². The summed E-state index contributed by atoms with van der Waals surface area (Å²) in [6, 6.07) is 9.00. The van der Waals surface area contributed by atoms with Crippen LogP contribution in [-0.4, -0.2) is 34.5 Å². The van der Waals surface area contributed by atoms with Gasteiger partial charge in [0.1, 0.15) is 16.9 Å². The summed E-state index contributed by atoms with van der Waals surface area (Å²) in [5, 5.41) is 12.2. The number of pyridine rings is 1. The van der Waals surface area contributed by atoms with E-state index in [1.54, 1.807) is 19.1 Å². The lowest BCUT2D eigenvalue weighted by Gasteiger charge is -2.33. The second-order valence-electron chi connectivity index (χ2n) is 7.15. The summed E-state index contributed by atoms with van der Waals surface area (Å²) in [5.74, 6) is -0.401. The molecular weight excluding hydrogens is 371 g/mol. The molecule has 8 heteroatoms. The third-order valence-electron chi connectivity index (χ3n) is 5.33. The van der Waals surface area contributed by atoms with Crippen LogP contribution in [0.3, 0.4) is 0 Å². The van der Waals surface area contributed by atoms with Crippen LogP contribution in [0.25, 0.3) is 0 Å². The molecule has 2 heterocycles. The number of aryl methyl sites for hydroxylation is 1. The summed E-state index contributed by atoms with van der Waals surface area (Å²) in [5.41, 5.74) is -0.368. The standard InChI is InChI=1S/C20H18F3N3O2/c1-11(10-27)24-17-13-6-7-15(20(21,22)23)25-16(13)19(18(28)26-17)9-8-12-4-2-3-5-14(12)19/h2-7,11,27H,8-10H2,1H3,(H,24,26,28)/t11-,19+/m1/s1. The molecular formula is C20H18F3N3O2. The Morgan fingerprint density at radius 1 is 1.25 bits per heavy atom. The molecule has 0 radical (unpaired) electrons. The number of alkyl halides is 3. The summed E-state index contributed by atoms with van der Waals surface area (Å²) in [6.07, 6.45) is -3.75. The highest BCUT2D eigenvalue weighted by Crippen LogP contribution is 2.48. The van der Waals surface area contributed by atoms with Gasteiger partial charge in [0.2, 0.25) is 0 Å². The van der Waals surface area contributed by atoms with E-state index in [-0.39, 0.29) is 18.1 Å². The first kappa shape index (κ1) is 18.6. The first-order valence-electron chi connectivity index (χ1n) is 8.95. The lowest BCUT2D eigenvalue weighted by Crippen LogP contribution is -2.46. The van der Waals surface area contributed by atoms with Crippen LogP contribution in [0.2, 0.25) is 0 Å². The fourth-order valence-electron chi connectivity index (χ4n) is 3.96. The third-order valence-corrected chi connectivity index (χ3v) is 5.33. The van der Waals surface area contributed by atoms with E-state index in [2.05, 4.69) is 15.3 Å². The molecule has 1 amide bonds. The summed E-state index contributed by atoms with van der Waals surface area (Å²) < 4.78 is 40.1. The van der Waals surface area contributed by atoms with E-state index >= 15 is 0 Å². The minimum atomic E-state index is -4.63. The van der Waals surface area contributed by atoms with Gasteiger partial charge in [0.25, 0.3) is 5.91 Å². The van der Waals surface area contributed by atoms with Gasteiger partial charge < -0.3 is 10.4 Å². The molecule has 2 aromatic rings. The molecule has 28 heavy (non-hydrogen) atoms. The monoisotopic (exact) mass is 389 g/mol. The normalized spacial score (nSPS) is 21.9. The van der Waals surface area contributed by atoms with Gasteiger partial charge in [0.15, 0.2) is 0 Å².